The molecule has 0 saturated carbocycles. The van der Waals surface area contributed by atoms with Crippen LogP contribution in [0.1, 0.15) is 12.6 Å². The van der Waals surface area contributed by atoms with E-state index in [0.717, 1.165) is 0 Å². The number of alkyl halides is 2. The lowest BCUT2D eigenvalue weighted by Gasteiger charge is -2.17. The minimum Gasteiger partial charge on any atom is -0.447 e. The Morgan fingerprint density at radius 1 is 1.44 bits per heavy atom. The quantitative estimate of drug-likeness (QED) is 0.803. The first kappa shape index (κ1) is 17.3. The molecule has 2 aromatic rings. The molecule has 0 aliphatic carbocycles. The Kier molecular flexibility index (Phi) is 4.98. The minimum atomic E-state index is -2.98. The number of amides is 1. The first-order chi connectivity index (χ1) is 11.9. The number of carbonyl (C=O) groups excluding carboxylic acids is 1. The van der Waals surface area contributed by atoms with Crippen LogP contribution in [0, 0.1) is 0 Å². The fourth-order valence-corrected chi connectivity index (χ4v) is 2.57. The molecule has 0 spiro atoms. The zero-order valence-electron chi connectivity index (χ0n) is 13.2. The van der Waals surface area contributed by atoms with E-state index in [4.69, 9.17) is 16.3 Å². The van der Waals surface area contributed by atoms with Gasteiger partial charge >= 0.3 is 12.7 Å². The van der Waals surface area contributed by atoms with E-state index in [1.54, 1.807) is 11.0 Å². The van der Waals surface area contributed by atoms with Crippen molar-refractivity contribution in [2.45, 2.75) is 26.1 Å². The average molecular weight is 370 g/mol. The van der Waals surface area contributed by atoms with Crippen molar-refractivity contribution in [2.24, 2.45) is 0 Å². The number of carbonyl (C=O) groups is 1. The topological polar surface area (TPSA) is 64.5 Å². The number of halogens is 3. The predicted octanol–water partition coefficient (Wildman–Crippen LogP) is 3.74. The van der Waals surface area contributed by atoms with E-state index in [-0.39, 0.29) is 23.4 Å². The molecule has 9 heteroatoms. The number of ether oxygens (including phenoxy) is 2. The molecular formula is C16H14ClF2N3O3. The van der Waals surface area contributed by atoms with Crippen LogP contribution in [-0.2, 0) is 11.3 Å². The molecule has 1 saturated heterocycles. The third kappa shape index (κ3) is 3.96. The summed E-state index contributed by atoms with van der Waals surface area (Å²) in [6.45, 7) is -0.533. The Hall–Kier alpha value is -2.48. The Labute approximate surface area is 147 Å². The van der Waals surface area contributed by atoms with Gasteiger partial charge in [0.1, 0.15) is 12.4 Å². The zero-order chi connectivity index (χ0) is 18.0. The third-order valence-electron chi connectivity index (χ3n) is 3.67. The molecule has 1 aromatic heterocycles. The van der Waals surface area contributed by atoms with Gasteiger partial charge in [0.15, 0.2) is 0 Å². The normalized spacial score (nSPS) is 17.1. The molecule has 0 N–H and O–H groups in total. The fraction of sp³-hybridized carbons (Fsp3) is 0.312. The number of aromatic nitrogens is 2. The third-order valence-corrected chi connectivity index (χ3v) is 3.99. The van der Waals surface area contributed by atoms with E-state index < -0.39 is 12.7 Å². The standard InChI is InChI=1S/C16H14ClF2N3O3/c1-9-8-24-16(23)22(9)7-11-5-20-6-13(21-11)10-2-3-12(17)14(4-10)25-15(18)19/h2-6,9,15H,7-8H2,1H3/t9-/m0/s1. The van der Waals surface area contributed by atoms with Gasteiger partial charge in [-0.05, 0) is 19.1 Å². The lowest BCUT2D eigenvalue weighted by atomic mass is 10.1. The van der Waals surface area contributed by atoms with E-state index >= 15 is 0 Å². The van der Waals surface area contributed by atoms with E-state index in [0.29, 0.717) is 23.6 Å². The molecule has 2 heterocycles. The summed E-state index contributed by atoms with van der Waals surface area (Å²) in [5.74, 6) is -0.141. The summed E-state index contributed by atoms with van der Waals surface area (Å²) in [5.41, 5.74) is 1.52. The number of benzene rings is 1. The summed E-state index contributed by atoms with van der Waals surface area (Å²) in [7, 11) is 0. The van der Waals surface area contributed by atoms with Gasteiger partial charge < -0.3 is 9.47 Å². The number of rotatable bonds is 5. The van der Waals surface area contributed by atoms with E-state index in [9.17, 15) is 13.6 Å². The van der Waals surface area contributed by atoms with Gasteiger partial charge in [0.2, 0.25) is 0 Å². The van der Waals surface area contributed by atoms with Crippen molar-refractivity contribution in [2.75, 3.05) is 6.61 Å². The summed E-state index contributed by atoms with van der Waals surface area (Å²) >= 11 is 5.85. The highest BCUT2D eigenvalue weighted by atomic mass is 35.5. The van der Waals surface area contributed by atoms with Crippen LogP contribution >= 0.6 is 11.6 Å². The first-order valence-electron chi connectivity index (χ1n) is 7.43. The molecule has 132 valence electrons. The molecule has 0 radical (unpaired) electrons. The van der Waals surface area contributed by atoms with Crippen molar-refractivity contribution in [3.8, 4) is 17.0 Å². The van der Waals surface area contributed by atoms with Crippen molar-refractivity contribution in [3.63, 3.8) is 0 Å². The molecule has 3 rings (SSSR count). The molecule has 1 fully saturated rings. The van der Waals surface area contributed by atoms with Crippen LogP contribution in [0.3, 0.4) is 0 Å². The largest absolute Gasteiger partial charge is 0.447 e. The first-order valence-corrected chi connectivity index (χ1v) is 7.81. The molecule has 1 atom stereocenters. The van der Waals surface area contributed by atoms with Crippen LogP contribution < -0.4 is 4.74 Å². The van der Waals surface area contributed by atoms with Gasteiger partial charge in [0.25, 0.3) is 0 Å². The molecule has 1 amide bonds. The number of nitrogens with zero attached hydrogens (tertiary/aromatic N) is 3. The monoisotopic (exact) mass is 369 g/mol. The van der Waals surface area contributed by atoms with Crippen molar-refractivity contribution in [3.05, 3.63) is 41.3 Å². The van der Waals surface area contributed by atoms with Crippen LogP contribution in [0.25, 0.3) is 11.3 Å². The van der Waals surface area contributed by atoms with Crippen LogP contribution in [0.4, 0.5) is 13.6 Å². The number of hydrogen-bond donors (Lipinski definition) is 0. The maximum absolute atomic E-state index is 12.4. The van der Waals surface area contributed by atoms with Crippen molar-refractivity contribution >= 4 is 17.7 Å². The second-order valence-electron chi connectivity index (χ2n) is 5.47. The molecule has 25 heavy (non-hydrogen) atoms. The molecule has 1 aromatic carbocycles. The van der Waals surface area contributed by atoms with Crippen molar-refractivity contribution < 1.29 is 23.0 Å². The highest BCUT2D eigenvalue weighted by Crippen LogP contribution is 2.31. The van der Waals surface area contributed by atoms with Gasteiger partial charge in [0, 0.05) is 5.56 Å². The Morgan fingerprint density at radius 3 is 2.92 bits per heavy atom. The summed E-state index contributed by atoms with van der Waals surface area (Å²) in [4.78, 5) is 21.8. The van der Waals surface area contributed by atoms with E-state index in [1.807, 2.05) is 6.92 Å². The number of hydrogen-bond acceptors (Lipinski definition) is 5. The second kappa shape index (κ2) is 7.18. The van der Waals surface area contributed by atoms with Gasteiger partial charge in [-0.25, -0.2) is 9.78 Å². The molecule has 1 aliphatic rings. The predicted molar refractivity (Wildman–Crippen MR) is 85.5 cm³/mol. The summed E-state index contributed by atoms with van der Waals surface area (Å²) in [6.07, 6.45) is 2.62. The van der Waals surface area contributed by atoms with E-state index in [1.165, 1.54) is 24.5 Å². The van der Waals surface area contributed by atoms with Gasteiger partial charge in [-0.15, -0.1) is 0 Å². The van der Waals surface area contributed by atoms with Crippen LogP contribution in [-0.4, -0.2) is 40.2 Å². The summed E-state index contributed by atoms with van der Waals surface area (Å²) in [6, 6.07) is 4.39. The van der Waals surface area contributed by atoms with Crippen LogP contribution in [0.15, 0.2) is 30.6 Å². The van der Waals surface area contributed by atoms with E-state index in [2.05, 4.69) is 14.7 Å². The molecule has 0 unspecified atom stereocenters. The molecular weight excluding hydrogens is 356 g/mol. The fourth-order valence-electron chi connectivity index (χ4n) is 2.41. The van der Waals surface area contributed by atoms with Gasteiger partial charge in [-0.3, -0.25) is 9.88 Å². The van der Waals surface area contributed by atoms with Crippen molar-refractivity contribution in [1.82, 2.24) is 14.9 Å². The summed E-state index contributed by atoms with van der Waals surface area (Å²) in [5, 5.41) is 0.0711. The Balaban J connectivity index is 1.85. The molecule has 6 nitrogen and oxygen atoms in total. The van der Waals surface area contributed by atoms with Crippen LogP contribution in [0.2, 0.25) is 5.02 Å². The highest BCUT2D eigenvalue weighted by molar-refractivity contribution is 6.32. The number of cyclic esters (lactones) is 1. The minimum absolute atomic E-state index is 0.0560. The SMILES string of the molecule is C[C@H]1COC(=O)N1Cc1cncc(-c2ccc(Cl)c(OC(F)F)c2)n1. The zero-order valence-corrected chi connectivity index (χ0v) is 13.9. The smallest absolute Gasteiger partial charge is 0.410 e. The lowest BCUT2D eigenvalue weighted by molar-refractivity contribution is -0.0497. The Morgan fingerprint density at radius 2 is 2.24 bits per heavy atom. The van der Waals surface area contributed by atoms with Gasteiger partial charge in [0.05, 0.1) is 41.4 Å². The second-order valence-corrected chi connectivity index (χ2v) is 5.88. The van der Waals surface area contributed by atoms with Gasteiger partial charge in [-0.1, -0.05) is 17.7 Å². The average Bonchev–Trinajstić information content (AvgIpc) is 2.89. The summed E-state index contributed by atoms with van der Waals surface area (Å²) < 4.78 is 34.2. The molecule has 0 bridgehead atoms. The van der Waals surface area contributed by atoms with Crippen molar-refractivity contribution in [1.29, 1.82) is 0 Å². The maximum Gasteiger partial charge on any atom is 0.410 e. The maximum atomic E-state index is 12.4. The van der Waals surface area contributed by atoms with Crippen LogP contribution in [0.5, 0.6) is 5.75 Å². The highest BCUT2D eigenvalue weighted by Gasteiger charge is 2.29. The van der Waals surface area contributed by atoms with Gasteiger partial charge in [-0.2, -0.15) is 8.78 Å². The Bertz CT molecular complexity index is 791. The molecule has 1 aliphatic heterocycles. The lowest BCUT2D eigenvalue weighted by Crippen LogP contribution is -2.30.